The van der Waals surface area contributed by atoms with Crippen molar-refractivity contribution in [3.05, 3.63) is 53.5 Å². The molecule has 0 spiro atoms. The van der Waals surface area contributed by atoms with Crippen LogP contribution in [0.2, 0.25) is 0 Å². The lowest BCUT2D eigenvalue weighted by Crippen LogP contribution is -2.34. The fourth-order valence-electron chi connectivity index (χ4n) is 2.53. The van der Waals surface area contributed by atoms with Crippen LogP contribution >= 0.6 is 0 Å². The third-order valence-corrected chi connectivity index (χ3v) is 3.89. The van der Waals surface area contributed by atoms with Crippen molar-refractivity contribution in [3.63, 3.8) is 0 Å². The average Bonchev–Trinajstić information content (AvgIpc) is 3.36. The van der Waals surface area contributed by atoms with Crippen LogP contribution < -0.4 is 5.73 Å². The van der Waals surface area contributed by atoms with E-state index in [1.165, 1.54) is 35.6 Å². The van der Waals surface area contributed by atoms with Gasteiger partial charge in [-0.05, 0) is 24.5 Å². The van der Waals surface area contributed by atoms with E-state index in [1.807, 2.05) is 0 Å². The Morgan fingerprint density at radius 3 is 2.62 bits per heavy atom. The Balaban J connectivity index is 1.92. The van der Waals surface area contributed by atoms with Gasteiger partial charge in [-0.1, -0.05) is 18.2 Å². The van der Waals surface area contributed by atoms with Crippen LogP contribution in [0.5, 0.6) is 0 Å². The fraction of sp³-hybridized carbons (Fsp3) is 0.312. The van der Waals surface area contributed by atoms with Crippen LogP contribution in [0.4, 0.5) is 19.0 Å². The zero-order valence-corrected chi connectivity index (χ0v) is 12.6. The van der Waals surface area contributed by atoms with Gasteiger partial charge in [0.05, 0.1) is 5.56 Å². The molecule has 24 heavy (non-hydrogen) atoms. The minimum atomic E-state index is -4.47. The van der Waals surface area contributed by atoms with Gasteiger partial charge < -0.3 is 10.6 Å². The van der Waals surface area contributed by atoms with Gasteiger partial charge >= 0.3 is 6.18 Å². The van der Waals surface area contributed by atoms with E-state index in [-0.39, 0.29) is 29.5 Å². The van der Waals surface area contributed by atoms with Gasteiger partial charge in [-0.2, -0.15) is 13.2 Å². The van der Waals surface area contributed by atoms with E-state index < -0.39 is 17.6 Å². The smallest absolute Gasteiger partial charge is 0.383 e. The van der Waals surface area contributed by atoms with Crippen molar-refractivity contribution < 1.29 is 18.0 Å². The summed E-state index contributed by atoms with van der Waals surface area (Å²) in [5, 5.41) is 0. The highest BCUT2D eigenvalue weighted by Gasteiger charge is 2.37. The summed E-state index contributed by atoms with van der Waals surface area (Å²) < 4.78 is 39.5. The molecule has 1 aromatic carbocycles. The standard InChI is InChI=1S/C16H15F3N4O/c17-16(18,19)13-4-2-1-3-10(13)8-23(11-5-6-11)15(24)12-7-21-9-22-14(12)20/h1-4,7,9,11H,5-6,8H2,(H2,20,21,22). The molecule has 1 saturated carbocycles. The summed E-state index contributed by atoms with van der Waals surface area (Å²) in [7, 11) is 0. The van der Waals surface area contributed by atoms with Gasteiger partial charge in [0.1, 0.15) is 17.7 Å². The average molecular weight is 336 g/mol. The molecule has 0 aliphatic heterocycles. The van der Waals surface area contributed by atoms with Crippen molar-refractivity contribution in [1.29, 1.82) is 0 Å². The number of halogens is 3. The molecule has 8 heteroatoms. The van der Waals surface area contributed by atoms with Crippen LogP contribution in [-0.4, -0.2) is 26.8 Å². The highest BCUT2D eigenvalue weighted by Crippen LogP contribution is 2.35. The van der Waals surface area contributed by atoms with Gasteiger partial charge in [0.15, 0.2) is 0 Å². The third kappa shape index (κ3) is 3.32. The summed E-state index contributed by atoms with van der Waals surface area (Å²) in [5.74, 6) is -0.433. The second kappa shape index (κ2) is 6.10. The van der Waals surface area contributed by atoms with Crippen LogP contribution in [0.1, 0.15) is 34.3 Å². The lowest BCUT2D eigenvalue weighted by Gasteiger charge is -2.24. The van der Waals surface area contributed by atoms with Gasteiger partial charge in [-0.25, -0.2) is 9.97 Å². The molecule has 0 unspecified atom stereocenters. The van der Waals surface area contributed by atoms with E-state index in [0.717, 1.165) is 18.9 Å². The lowest BCUT2D eigenvalue weighted by molar-refractivity contribution is -0.138. The largest absolute Gasteiger partial charge is 0.416 e. The summed E-state index contributed by atoms with van der Waals surface area (Å²) in [5.41, 5.74) is 5.12. The van der Waals surface area contributed by atoms with Crippen molar-refractivity contribution in [2.75, 3.05) is 5.73 Å². The van der Waals surface area contributed by atoms with Crippen molar-refractivity contribution in [3.8, 4) is 0 Å². The number of amides is 1. The number of anilines is 1. The zero-order chi connectivity index (χ0) is 17.3. The SMILES string of the molecule is Nc1ncncc1C(=O)N(Cc1ccccc1C(F)(F)F)C1CC1. The first kappa shape index (κ1) is 16.2. The summed E-state index contributed by atoms with van der Waals surface area (Å²) >= 11 is 0. The van der Waals surface area contributed by atoms with Gasteiger partial charge in [-0.3, -0.25) is 4.79 Å². The number of hydrogen-bond acceptors (Lipinski definition) is 4. The van der Waals surface area contributed by atoms with E-state index in [4.69, 9.17) is 5.73 Å². The Kier molecular flexibility index (Phi) is 4.13. The Bertz CT molecular complexity index is 759. The molecular formula is C16H15F3N4O. The van der Waals surface area contributed by atoms with Crippen LogP contribution in [0.15, 0.2) is 36.8 Å². The lowest BCUT2D eigenvalue weighted by atomic mass is 10.1. The molecule has 3 rings (SSSR count). The first-order valence-corrected chi connectivity index (χ1v) is 7.39. The Hall–Kier alpha value is -2.64. The number of hydrogen-bond donors (Lipinski definition) is 1. The van der Waals surface area contributed by atoms with Gasteiger partial charge in [0, 0.05) is 18.8 Å². The van der Waals surface area contributed by atoms with Crippen LogP contribution in [0.3, 0.4) is 0 Å². The number of rotatable bonds is 4. The minimum Gasteiger partial charge on any atom is -0.383 e. The van der Waals surface area contributed by atoms with Crippen molar-refractivity contribution >= 4 is 11.7 Å². The van der Waals surface area contributed by atoms with Crippen molar-refractivity contribution in [2.45, 2.75) is 31.6 Å². The normalized spacial score (nSPS) is 14.5. The Morgan fingerprint density at radius 2 is 2.00 bits per heavy atom. The molecule has 2 aromatic rings. The number of nitrogens with two attached hydrogens (primary N) is 1. The van der Waals surface area contributed by atoms with Crippen molar-refractivity contribution in [2.24, 2.45) is 0 Å². The maximum Gasteiger partial charge on any atom is 0.416 e. The summed E-state index contributed by atoms with van der Waals surface area (Å²) in [6.07, 6.45) is -0.451. The molecular weight excluding hydrogens is 321 g/mol. The molecule has 2 N–H and O–H groups in total. The number of carbonyl (C=O) groups excluding carboxylic acids is 1. The molecule has 1 fully saturated rings. The van der Waals surface area contributed by atoms with E-state index >= 15 is 0 Å². The Labute approximate surface area is 136 Å². The summed E-state index contributed by atoms with van der Waals surface area (Å²) in [6.45, 7) is -0.131. The first-order valence-electron chi connectivity index (χ1n) is 7.39. The van der Waals surface area contributed by atoms with E-state index in [9.17, 15) is 18.0 Å². The van der Waals surface area contributed by atoms with E-state index in [0.29, 0.717) is 0 Å². The number of nitrogens with zero attached hydrogens (tertiary/aromatic N) is 3. The second-order valence-electron chi connectivity index (χ2n) is 5.64. The monoisotopic (exact) mass is 336 g/mol. The number of aromatic nitrogens is 2. The maximum absolute atomic E-state index is 13.2. The minimum absolute atomic E-state index is 0.0183. The van der Waals surface area contributed by atoms with Crippen LogP contribution in [0.25, 0.3) is 0 Å². The molecule has 0 radical (unpaired) electrons. The quantitative estimate of drug-likeness (QED) is 0.932. The number of nitrogen functional groups attached to an aromatic ring is 1. The van der Waals surface area contributed by atoms with Gasteiger partial charge in [0.25, 0.3) is 5.91 Å². The number of alkyl halides is 3. The molecule has 0 saturated heterocycles. The molecule has 1 aliphatic carbocycles. The van der Waals surface area contributed by atoms with Crippen molar-refractivity contribution in [1.82, 2.24) is 14.9 Å². The first-order chi connectivity index (χ1) is 11.4. The highest BCUT2D eigenvalue weighted by atomic mass is 19.4. The Morgan fingerprint density at radius 1 is 1.29 bits per heavy atom. The van der Waals surface area contributed by atoms with E-state index in [2.05, 4.69) is 9.97 Å². The fourth-order valence-corrected chi connectivity index (χ4v) is 2.53. The predicted molar refractivity (Wildman–Crippen MR) is 80.8 cm³/mol. The number of carbonyl (C=O) groups is 1. The third-order valence-electron chi connectivity index (χ3n) is 3.89. The molecule has 1 aromatic heterocycles. The molecule has 1 amide bonds. The predicted octanol–water partition coefficient (Wildman–Crippen LogP) is 2.88. The van der Waals surface area contributed by atoms with Crippen LogP contribution in [0, 0.1) is 0 Å². The molecule has 5 nitrogen and oxygen atoms in total. The molecule has 1 aliphatic rings. The van der Waals surface area contributed by atoms with Gasteiger partial charge in [-0.15, -0.1) is 0 Å². The second-order valence-corrected chi connectivity index (χ2v) is 5.64. The topological polar surface area (TPSA) is 72.1 Å². The van der Waals surface area contributed by atoms with E-state index in [1.54, 1.807) is 0 Å². The highest BCUT2D eigenvalue weighted by molar-refractivity contribution is 5.98. The summed E-state index contributed by atoms with van der Waals surface area (Å²) in [4.78, 5) is 21.7. The molecule has 0 bridgehead atoms. The molecule has 0 atom stereocenters. The zero-order valence-electron chi connectivity index (χ0n) is 12.6. The maximum atomic E-state index is 13.2. The van der Waals surface area contributed by atoms with Crippen LogP contribution in [-0.2, 0) is 12.7 Å². The molecule has 126 valence electrons. The number of benzene rings is 1. The summed E-state index contributed by atoms with van der Waals surface area (Å²) in [6, 6.07) is 5.18. The van der Waals surface area contributed by atoms with Gasteiger partial charge in [0.2, 0.25) is 0 Å². The molecule has 1 heterocycles.